The Bertz CT molecular complexity index is 1350. The third kappa shape index (κ3) is 6.68. The minimum Gasteiger partial charge on any atom is -0.493 e. The van der Waals surface area contributed by atoms with E-state index in [9.17, 15) is 9.90 Å². The molecule has 0 aliphatic rings. The third-order valence-corrected chi connectivity index (χ3v) is 6.80. The normalized spacial score (nSPS) is 11.2. The van der Waals surface area contributed by atoms with Gasteiger partial charge in [0, 0.05) is 17.5 Å². The summed E-state index contributed by atoms with van der Waals surface area (Å²) in [6.45, 7) is 8.18. The molecule has 1 heterocycles. The van der Waals surface area contributed by atoms with Gasteiger partial charge in [-0.25, -0.2) is 9.78 Å². The number of aliphatic carboxylic acids is 1. The largest absolute Gasteiger partial charge is 0.493 e. The zero-order valence-electron chi connectivity index (χ0n) is 21.6. The van der Waals surface area contributed by atoms with Crippen LogP contribution in [0.25, 0.3) is 22.4 Å². The van der Waals surface area contributed by atoms with Crippen LogP contribution in [-0.4, -0.2) is 34.8 Å². The standard InChI is InChI=1S/C30H32N2O4S/c1-20-18-27(36-30(3,4)28(33)34)21(2)17-26(20)35-16-8-15-31-29-32-25(19-37-29)24-13-11-23(12-14-24)22-9-6-5-7-10-22/h5-7,9-14,17-19H,8,15-16H2,1-4H3,(H,31,32)(H,33,34). The molecule has 0 saturated carbocycles. The first-order chi connectivity index (χ1) is 17.7. The molecule has 0 aliphatic heterocycles. The van der Waals surface area contributed by atoms with Gasteiger partial charge in [0.2, 0.25) is 0 Å². The summed E-state index contributed by atoms with van der Waals surface area (Å²) >= 11 is 1.59. The fourth-order valence-corrected chi connectivity index (χ4v) is 4.50. The van der Waals surface area contributed by atoms with Crippen LogP contribution < -0.4 is 14.8 Å². The highest BCUT2D eigenvalue weighted by molar-refractivity contribution is 7.14. The van der Waals surface area contributed by atoms with Gasteiger partial charge in [0.15, 0.2) is 10.7 Å². The van der Waals surface area contributed by atoms with Gasteiger partial charge in [-0.3, -0.25) is 0 Å². The maximum Gasteiger partial charge on any atom is 0.347 e. The van der Waals surface area contributed by atoms with Gasteiger partial charge in [-0.1, -0.05) is 54.6 Å². The first-order valence-corrected chi connectivity index (χ1v) is 13.1. The molecule has 0 radical (unpaired) electrons. The predicted molar refractivity (Wildman–Crippen MR) is 150 cm³/mol. The molecule has 0 aliphatic carbocycles. The van der Waals surface area contributed by atoms with Crippen molar-refractivity contribution in [3.8, 4) is 33.9 Å². The minimum absolute atomic E-state index is 0.549. The van der Waals surface area contributed by atoms with E-state index in [1.54, 1.807) is 11.3 Å². The highest BCUT2D eigenvalue weighted by atomic mass is 32.1. The van der Waals surface area contributed by atoms with Crippen LogP contribution in [0.4, 0.5) is 5.13 Å². The molecule has 192 valence electrons. The lowest BCUT2D eigenvalue weighted by Gasteiger charge is -2.23. The number of nitrogens with zero attached hydrogens (tertiary/aromatic N) is 1. The van der Waals surface area contributed by atoms with E-state index in [2.05, 4.69) is 47.1 Å². The Balaban J connectivity index is 1.26. The number of rotatable bonds is 11. The fourth-order valence-electron chi connectivity index (χ4n) is 3.75. The van der Waals surface area contributed by atoms with Crippen LogP contribution in [0.3, 0.4) is 0 Å². The van der Waals surface area contributed by atoms with Gasteiger partial charge < -0.3 is 19.9 Å². The number of aryl methyl sites for hydroxylation is 2. The molecular formula is C30H32N2O4S. The van der Waals surface area contributed by atoms with Crippen molar-refractivity contribution >= 4 is 22.4 Å². The molecule has 37 heavy (non-hydrogen) atoms. The SMILES string of the molecule is Cc1cc(OC(C)(C)C(=O)O)c(C)cc1OCCCNc1nc(-c2ccc(-c3ccccc3)cc2)cs1. The Morgan fingerprint density at radius 3 is 2.27 bits per heavy atom. The summed E-state index contributed by atoms with van der Waals surface area (Å²) in [5.41, 5.74) is 4.88. The Morgan fingerprint density at radius 2 is 1.57 bits per heavy atom. The molecule has 3 aromatic carbocycles. The van der Waals surface area contributed by atoms with Gasteiger partial charge in [-0.2, -0.15) is 0 Å². The number of carbonyl (C=O) groups is 1. The van der Waals surface area contributed by atoms with E-state index in [1.165, 1.54) is 25.0 Å². The van der Waals surface area contributed by atoms with E-state index in [0.29, 0.717) is 12.4 Å². The monoisotopic (exact) mass is 516 g/mol. The summed E-state index contributed by atoms with van der Waals surface area (Å²) in [4.78, 5) is 16.1. The molecule has 0 spiro atoms. The van der Waals surface area contributed by atoms with Gasteiger partial charge in [0.1, 0.15) is 11.5 Å². The number of anilines is 1. The molecule has 0 saturated heterocycles. The van der Waals surface area contributed by atoms with Crippen molar-refractivity contribution in [3.63, 3.8) is 0 Å². The second-order valence-electron chi connectivity index (χ2n) is 9.41. The first kappa shape index (κ1) is 26.2. The smallest absolute Gasteiger partial charge is 0.347 e. The van der Waals surface area contributed by atoms with E-state index in [0.717, 1.165) is 46.2 Å². The molecule has 4 rings (SSSR count). The number of carboxylic acids is 1. The fraction of sp³-hybridized carbons (Fsp3) is 0.267. The molecule has 4 aromatic rings. The molecule has 0 bridgehead atoms. The van der Waals surface area contributed by atoms with Crippen LogP contribution in [0, 0.1) is 13.8 Å². The highest BCUT2D eigenvalue weighted by Crippen LogP contribution is 2.31. The Hall–Kier alpha value is -3.84. The van der Waals surface area contributed by atoms with E-state index < -0.39 is 11.6 Å². The molecule has 2 N–H and O–H groups in total. The third-order valence-electron chi connectivity index (χ3n) is 6.00. The van der Waals surface area contributed by atoms with Gasteiger partial charge in [-0.05, 0) is 68.5 Å². The average molecular weight is 517 g/mol. The molecule has 0 fully saturated rings. The molecule has 0 atom stereocenters. The van der Waals surface area contributed by atoms with Crippen molar-refractivity contribution in [2.75, 3.05) is 18.5 Å². The summed E-state index contributed by atoms with van der Waals surface area (Å²) in [5, 5.41) is 15.7. The van der Waals surface area contributed by atoms with Crippen LogP contribution >= 0.6 is 11.3 Å². The lowest BCUT2D eigenvalue weighted by Crippen LogP contribution is -2.38. The van der Waals surface area contributed by atoms with Crippen LogP contribution in [0.1, 0.15) is 31.4 Å². The van der Waals surface area contributed by atoms with Crippen LogP contribution in [0.15, 0.2) is 72.1 Å². The maximum absolute atomic E-state index is 11.4. The summed E-state index contributed by atoms with van der Waals surface area (Å²) < 4.78 is 11.7. The van der Waals surface area contributed by atoms with Gasteiger partial charge in [0.05, 0.1) is 12.3 Å². The first-order valence-electron chi connectivity index (χ1n) is 12.2. The zero-order chi connectivity index (χ0) is 26.4. The Kier molecular flexibility index (Phi) is 8.14. The highest BCUT2D eigenvalue weighted by Gasteiger charge is 2.30. The summed E-state index contributed by atoms with van der Waals surface area (Å²) in [6, 6.07) is 22.5. The van der Waals surface area contributed by atoms with Crippen molar-refractivity contribution in [2.45, 2.75) is 39.7 Å². The number of nitrogens with one attached hydrogen (secondary N) is 1. The van der Waals surface area contributed by atoms with Crippen LogP contribution in [-0.2, 0) is 4.79 Å². The van der Waals surface area contributed by atoms with Crippen molar-refractivity contribution in [1.82, 2.24) is 4.98 Å². The minimum atomic E-state index is -1.30. The second-order valence-corrected chi connectivity index (χ2v) is 10.3. The van der Waals surface area contributed by atoms with Crippen molar-refractivity contribution in [2.24, 2.45) is 0 Å². The second kappa shape index (κ2) is 11.5. The molecular weight excluding hydrogens is 484 g/mol. The lowest BCUT2D eigenvalue weighted by molar-refractivity contribution is -0.152. The summed E-state index contributed by atoms with van der Waals surface area (Å²) in [5.74, 6) is 0.312. The molecule has 7 heteroatoms. The summed E-state index contributed by atoms with van der Waals surface area (Å²) in [6.07, 6.45) is 0.809. The van der Waals surface area contributed by atoms with E-state index in [4.69, 9.17) is 14.5 Å². The topological polar surface area (TPSA) is 80.7 Å². The Labute approximate surface area is 221 Å². The molecule has 6 nitrogen and oxygen atoms in total. The Morgan fingerprint density at radius 1 is 0.946 bits per heavy atom. The van der Waals surface area contributed by atoms with E-state index in [1.807, 2.05) is 44.2 Å². The number of ether oxygens (including phenoxy) is 2. The zero-order valence-corrected chi connectivity index (χ0v) is 22.4. The number of hydrogen-bond donors (Lipinski definition) is 2. The van der Waals surface area contributed by atoms with Gasteiger partial charge in [0.25, 0.3) is 0 Å². The number of benzene rings is 3. The van der Waals surface area contributed by atoms with Crippen LogP contribution in [0.5, 0.6) is 11.5 Å². The lowest BCUT2D eigenvalue weighted by atomic mass is 10.0. The van der Waals surface area contributed by atoms with E-state index in [-0.39, 0.29) is 0 Å². The molecule has 0 unspecified atom stereocenters. The van der Waals surface area contributed by atoms with Crippen LogP contribution in [0.2, 0.25) is 0 Å². The molecule has 0 amide bonds. The maximum atomic E-state index is 11.4. The number of aromatic nitrogens is 1. The summed E-state index contributed by atoms with van der Waals surface area (Å²) in [7, 11) is 0. The number of carboxylic acid groups (broad SMARTS) is 1. The van der Waals surface area contributed by atoms with Gasteiger partial charge >= 0.3 is 5.97 Å². The quantitative estimate of drug-likeness (QED) is 0.205. The van der Waals surface area contributed by atoms with Crippen molar-refractivity contribution < 1.29 is 19.4 Å². The van der Waals surface area contributed by atoms with Gasteiger partial charge in [-0.15, -0.1) is 11.3 Å². The molecule has 1 aromatic heterocycles. The number of thiazole rings is 1. The number of hydrogen-bond acceptors (Lipinski definition) is 6. The van der Waals surface area contributed by atoms with E-state index >= 15 is 0 Å². The predicted octanol–water partition coefficient (Wildman–Crippen LogP) is 7.22. The van der Waals surface area contributed by atoms with Crippen molar-refractivity contribution in [3.05, 3.63) is 83.2 Å². The average Bonchev–Trinajstić information content (AvgIpc) is 3.36. The van der Waals surface area contributed by atoms with Crippen molar-refractivity contribution in [1.29, 1.82) is 0 Å².